The molecular formula is C11H11Cl2NO3. The van der Waals surface area contributed by atoms with E-state index >= 15 is 0 Å². The molecule has 0 fully saturated rings. The number of benzene rings is 1. The van der Waals surface area contributed by atoms with Gasteiger partial charge in [-0.2, -0.15) is 0 Å². The number of aliphatic carboxylic acids is 1. The van der Waals surface area contributed by atoms with E-state index in [4.69, 9.17) is 28.3 Å². The molecule has 0 spiro atoms. The second-order valence-corrected chi connectivity index (χ2v) is 4.18. The molecule has 0 radical (unpaired) electrons. The summed E-state index contributed by atoms with van der Waals surface area (Å²) in [6.07, 6.45) is 0.394. The van der Waals surface area contributed by atoms with Crippen molar-refractivity contribution in [1.29, 1.82) is 0 Å². The lowest BCUT2D eigenvalue weighted by molar-refractivity contribution is -0.137. The Labute approximate surface area is 109 Å². The van der Waals surface area contributed by atoms with Gasteiger partial charge >= 0.3 is 5.97 Å². The van der Waals surface area contributed by atoms with Crippen molar-refractivity contribution < 1.29 is 14.7 Å². The van der Waals surface area contributed by atoms with E-state index in [9.17, 15) is 9.59 Å². The summed E-state index contributed by atoms with van der Waals surface area (Å²) in [6, 6.07) is 4.91. The SMILES string of the molecule is O=C(O)CCCC(=O)Nc1cccc(Cl)c1Cl. The molecule has 2 N–H and O–H groups in total. The van der Waals surface area contributed by atoms with Gasteiger partial charge in [-0.15, -0.1) is 0 Å². The summed E-state index contributed by atoms with van der Waals surface area (Å²) in [6.45, 7) is 0. The number of hydrogen-bond acceptors (Lipinski definition) is 2. The van der Waals surface area contributed by atoms with Crippen LogP contribution in [0.2, 0.25) is 10.0 Å². The van der Waals surface area contributed by atoms with Crippen LogP contribution < -0.4 is 5.32 Å². The zero-order chi connectivity index (χ0) is 12.8. The molecular weight excluding hydrogens is 265 g/mol. The first-order valence-electron chi connectivity index (χ1n) is 4.96. The molecule has 4 nitrogen and oxygen atoms in total. The smallest absolute Gasteiger partial charge is 0.303 e. The van der Waals surface area contributed by atoms with Crippen molar-refractivity contribution in [2.24, 2.45) is 0 Å². The number of halogens is 2. The average molecular weight is 276 g/mol. The van der Waals surface area contributed by atoms with Crippen molar-refractivity contribution >= 4 is 40.8 Å². The van der Waals surface area contributed by atoms with E-state index in [-0.39, 0.29) is 23.8 Å². The lowest BCUT2D eigenvalue weighted by Crippen LogP contribution is -2.12. The highest BCUT2D eigenvalue weighted by Crippen LogP contribution is 2.29. The van der Waals surface area contributed by atoms with Crippen LogP contribution in [0.3, 0.4) is 0 Å². The van der Waals surface area contributed by atoms with E-state index in [1.165, 1.54) is 0 Å². The predicted octanol–water partition coefficient (Wildman–Crippen LogP) is 3.19. The third kappa shape index (κ3) is 4.63. The molecule has 0 heterocycles. The monoisotopic (exact) mass is 275 g/mol. The highest BCUT2D eigenvalue weighted by atomic mass is 35.5. The maximum absolute atomic E-state index is 11.5. The number of nitrogens with one attached hydrogen (secondary N) is 1. The molecule has 0 saturated heterocycles. The van der Waals surface area contributed by atoms with Gasteiger partial charge in [0.05, 0.1) is 15.7 Å². The number of carboxylic acids is 1. The van der Waals surface area contributed by atoms with Gasteiger partial charge in [-0.1, -0.05) is 29.3 Å². The summed E-state index contributed by atoms with van der Waals surface area (Å²) in [5.41, 5.74) is 0.430. The summed E-state index contributed by atoms with van der Waals surface area (Å²) >= 11 is 11.7. The highest BCUT2D eigenvalue weighted by molar-refractivity contribution is 6.43. The van der Waals surface area contributed by atoms with Crippen molar-refractivity contribution in [3.63, 3.8) is 0 Å². The summed E-state index contributed by atoms with van der Waals surface area (Å²) in [7, 11) is 0. The highest BCUT2D eigenvalue weighted by Gasteiger charge is 2.08. The van der Waals surface area contributed by atoms with Crippen LogP contribution in [0, 0.1) is 0 Å². The molecule has 92 valence electrons. The molecule has 0 atom stereocenters. The minimum atomic E-state index is -0.918. The molecule has 6 heteroatoms. The first-order valence-corrected chi connectivity index (χ1v) is 5.72. The fourth-order valence-corrected chi connectivity index (χ4v) is 1.56. The molecule has 0 unspecified atom stereocenters. The van der Waals surface area contributed by atoms with E-state index in [0.29, 0.717) is 17.1 Å². The zero-order valence-electron chi connectivity index (χ0n) is 8.87. The second-order valence-electron chi connectivity index (χ2n) is 3.40. The Bertz CT molecular complexity index is 435. The Balaban J connectivity index is 2.51. The van der Waals surface area contributed by atoms with Gasteiger partial charge < -0.3 is 10.4 Å². The van der Waals surface area contributed by atoms with Gasteiger partial charge in [-0.05, 0) is 18.6 Å². The quantitative estimate of drug-likeness (QED) is 0.867. The van der Waals surface area contributed by atoms with E-state index in [1.807, 2.05) is 0 Å². The van der Waals surface area contributed by atoms with Crippen LogP contribution in [0.15, 0.2) is 18.2 Å². The number of anilines is 1. The van der Waals surface area contributed by atoms with Gasteiger partial charge in [-0.25, -0.2) is 0 Å². The van der Waals surface area contributed by atoms with Gasteiger partial charge in [-0.3, -0.25) is 9.59 Å². The molecule has 0 saturated carbocycles. The number of carboxylic acid groups (broad SMARTS) is 1. The molecule has 1 rings (SSSR count). The Morgan fingerprint density at radius 3 is 2.59 bits per heavy atom. The summed E-state index contributed by atoms with van der Waals surface area (Å²) in [5, 5.41) is 11.6. The van der Waals surface area contributed by atoms with Crippen LogP contribution in [0.5, 0.6) is 0 Å². The minimum absolute atomic E-state index is 0.0311. The largest absolute Gasteiger partial charge is 0.481 e. The topological polar surface area (TPSA) is 66.4 Å². The van der Waals surface area contributed by atoms with Crippen LogP contribution in [0.1, 0.15) is 19.3 Å². The standard InChI is InChI=1S/C11H11Cl2NO3/c12-7-3-1-4-8(11(7)13)14-9(15)5-2-6-10(16)17/h1,3-4H,2,5-6H2,(H,14,15)(H,16,17). The number of amides is 1. The van der Waals surface area contributed by atoms with Crippen LogP contribution >= 0.6 is 23.2 Å². The molecule has 0 bridgehead atoms. The van der Waals surface area contributed by atoms with Crippen LogP contribution in [0.25, 0.3) is 0 Å². The molecule has 17 heavy (non-hydrogen) atoms. The Morgan fingerprint density at radius 2 is 1.94 bits per heavy atom. The third-order valence-corrected chi connectivity index (χ3v) is 2.84. The van der Waals surface area contributed by atoms with Crippen molar-refractivity contribution in [1.82, 2.24) is 0 Å². The molecule has 1 aromatic rings. The summed E-state index contributed by atoms with van der Waals surface area (Å²) in [5.74, 6) is -1.20. The number of carbonyl (C=O) groups excluding carboxylic acids is 1. The third-order valence-electron chi connectivity index (χ3n) is 2.02. The Morgan fingerprint density at radius 1 is 1.24 bits per heavy atom. The van der Waals surface area contributed by atoms with Crippen molar-refractivity contribution in [3.8, 4) is 0 Å². The molecule has 0 aliphatic rings. The van der Waals surface area contributed by atoms with Gasteiger partial charge in [0, 0.05) is 12.8 Å². The van der Waals surface area contributed by atoms with Crippen molar-refractivity contribution in [2.45, 2.75) is 19.3 Å². The molecule has 0 aliphatic carbocycles. The molecule has 0 aliphatic heterocycles. The molecule has 0 aromatic heterocycles. The van der Waals surface area contributed by atoms with Crippen LogP contribution in [0.4, 0.5) is 5.69 Å². The minimum Gasteiger partial charge on any atom is -0.481 e. The summed E-state index contributed by atoms with van der Waals surface area (Å²) in [4.78, 5) is 21.7. The number of hydrogen-bond donors (Lipinski definition) is 2. The van der Waals surface area contributed by atoms with Crippen molar-refractivity contribution in [2.75, 3.05) is 5.32 Å². The van der Waals surface area contributed by atoms with E-state index in [1.54, 1.807) is 18.2 Å². The number of rotatable bonds is 5. The van der Waals surface area contributed by atoms with Gasteiger partial charge in [0.25, 0.3) is 0 Å². The van der Waals surface area contributed by atoms with E-state index < -0.39 is 5.97 Å². The van der Waals surface area contributed by atoms with Crippen LogP contribution in [-0.2, 0) is 9.59 Å². The first kappa shape index (κ1) is 13.8. The van der Waals surface area contributed by atoms with Gasteiger partial charge in [0.2, 0.25) is 5.91 Å². The van der Waals surface area contributed by atoms with Gasteiger partial charge in [0.1, 0.15) is 0 Å². The lowest BCUT2D eigenvalue weighted by Gasteiger charge is -2.07. The second kappa shape index (κ2) is 6.47. The maximum Gasteiger partial charge on any atom is 0.303 e. The van der Waals surface area contributed by atoms with Gasteiger partial charge in [0.15, 0.2) is 0 Å². The normalized spacial score (nSPS) is 10.0. The van der Waals surface area contributed by atoms with Crippen molar-refractivity contribution in [3.05, 3.63) is 28.2 Å². The predicted molar refractivity (Wildman–Crippen MR) is 66.6 cm³/mol. The summed E-state index contributed by atoms with van der Waals surface area (Å²) < 4.78 is 0. The van der Waals surface area contributed by atoms with E-state index in [2.05, 4.69) is 5.32 Å². The molecule has 1 amide bonds. The lowest BCUT2D eigenvalue weighted by atomic mass is 10.2. The Hall–Kier alpha value is -1.26. The fraction of sp³-hybridized carbons (Fsp3) is 0.273. The van der Waals surface area contributed by atoms with E-state index in [0.717, 1.165) is 0 Å². The molecule has 1 aromatic carbocycles. The maximum atomic E-state index is 11.5. The fourth-order valence-electron chi connectivity index (χ4n) is 1.21. The zero-order valence-corrected chi connectivity index (χ0v) is 10.4. The number of carbonyl (C=O) groups is 2. The first-order chi connectivity index (χ1) is 8.00. The average Bonchev–Trinajstić information content (AvgIpc) is 2.24. The van der Waals surface area contributed by atoms with Crippen LogP contribution in [-0.4, -0.2) is 17.0 Å². The Kier molecular flexibility index (Phi) is 5.25.